The summed E-state index contributed by atoms with van der Waals surface area (Å²) in [4.78, 5) is 4.39. The van der Waals surface area contributed by atoms with E-state index < -0.39 is 0 Å². The highest BCUT2D eigenvalue weighted by Gasteiger charge is 2.25. The number of likely N-dealkylation sites (N-methyl/N-ethyl adjacent to an activating group) is 2. The molecule has 2 aromatic carbocycles. The van der Waals surface area contributed by atoms with Gasteiger partial charge in [-0.2, -0.15) is 0 Å². The third kappa shape index (κ3) is 2.31. The Hall–Kier alpha value is -2.62. The molecule has 0 saturated carbocycles. The van der Waals surface area contributed by atoms with Crippen LogP contribution in [0.2, 0.25) is 0 Å². The van der Waals surface area contributed by atoms with Crippen molar-refractivity contribution in [2.45, 2.75) is 19.8 Å². The van der Waals surface area contributed by atoms with Crippen LogP contribution < -0.4 is 9.80 Å². The molecule has 4 rings (SSSR count). The van der Waals surface area contributed by atoms with E-state index in [0.29, 0.717) is 0 Å². The van der Waals surface area contributed by atoms with Crippen LogP contribution in [0.1, 0.15) is 18.1 Å². The van der Waals surface area contributed by atoms with Crippen molar-refractivity contribution in [3.63, 3.8) is 0 Å². The second-order valence-corrected chi connectivity index (χ2v) is 5.95. The van der Waals surface area contributed by atoms with Crippen LogP contribution in [0.4, 0.5) is 11.4 Å². The Kier molecular flexibility index (Phi) is 3.37. The first-order valence-electron chi connectivity index (χ1n) is 8.08. The molecule has 4 nitrogen and oxygen atoms in total. The summed E-state index contributed by atoms with van der Waals surface area (Å²) in [7, 11) is 2.06. The van der Waals surface area contributed by atoms with E-state index in [1.807, 2.05) is 0 Å². The molecule has 0 spiro atoms. The van der Waals surface area contributed by atoms with Crippen molar-refractivity contribution < 1.29 is 0 Å². The highest BCUT2D eigenvalue weighted by molar-refractivity contribution is 6.07. The monoisotopic (exact) mass is 304 g/mol. The van der Waals surface area contributed by atoms with Crippen LogP contribution in [0.5, 0.6) is 0 Å². The number of amidine groups is 2. The van der Waals surface area contributed by atoms with Crippen molar-refractivity contribution in [2.24, 2.45) is 10.2 Å². The molecule has 0 unspecified atom stereocenters. The number of rotatable bonds is 2. The number of anilines is 2. The lowest BCUT2D eigenvalue weighted by Gasteiger charge is -2.17. The minimum Gasteiger partial charge on any atom is -0.331 e. The fourth-order valence-corrected chi connectivity index (χ4v) is 3.40. The molecule has 23 heavy (non-hydrogen) atoms. The van der Waals surface area contributed by atoms with Gasteiger partial charge < -0.3 is 9.80 Å². The van der Waals surface area contributed by atoms with Crippen LogP contribution in [0, 0.1) is 0 Å². The van der Waals surface area contributed by atoms with Crippen molar-refractivity contribution in [2.75, 3.05) is 23.4 Å². The summed E-state index contributed by atoms with van der Waals surface area (Å²) in [6.45, 7) is 3.07. The standard InChI is InChI=1S/C19H20N4/c1-3-23-17-11-7-5-9-15(17)13-19(23)21-20-18-12-14-8-4-6-10-16(14)22(18)2/h4-11H,3,12-13H2,1-2H3/b20-18+,21-19-. The lowest BCUT2D eigenvalue weighted by molar-refractivity contribution is 1.04. The molecule has 2 aliphatic rings. The van der Waals surface area contributed by atoms with Crippen LogP contribution in [-0.2, 0) is 12.8 Å². The van der Waals surface area contributed by atoms with Crippen molar-refractivity contribution in [1.82, 2.24) is 0 Å². The Balaban J connectivity index is 1.63. The zero-order valence-corrected chi connectivity index (χ0v) is 13.5. The SMILES string of the molecule is CCN1/C(=N\N=C2/Cc3ccccc3N2C)Cc2ccccc21. The molecule has 0 aromatic heterocycles. The average molecular weight is 304 g/mol. The molecular formula is C19H20N4. The molecule has 0 bridgehead atoms. The van der Waals surface area contributed by atoms with Crippen LogP contribution in [0.15, 0.2) is 58.7 Å². The normalized spacial score (nSPS) is 19.6. The third-order valence-corrected chi connectivity index (χ3v) is 4.63. The summed E-state index contributed by atoms with van der Waals surface area (Å²) in [5, 5.41) is 9.17. The largest absolute Gasteiger partial charge is 0.331 e. The smallest absolute Gasteiger partial charge is 0.136 e. The molecule has 2 aliphatic heterocycles. The molecule has 0 amide bonds. The first-order valence-corrected chi connectivity index (χ1v) is 8.08. The molecule has 2 aromatic rings. The number of nitrogens with zero attached hydrogens (tertiary/aromatic N) is 4. The highest BCUT2D eigenvalue weighted by atomic mass is 15.4. The average Bonchev–Trinajstić information content (AvgIpc) is 3.10. The molecule has 2 heterocycles. The molecule has 0 aliphatic carbocycles. The van der Waals surface area contributed by atoms with Gasteiger partial charge in [-0.25, -0.2) is 0 Å². The van der Waals surface area contributed by atoms with Crippen LogP contribution in [0.25, 0.3) is 0 Å². The quantitative estimate of drug-likeness (QED) is 0.796. The van der Waals surface area contributed by atoms with E-state index in [2.05, 4.69) is 82.5 Å². The minimum atomic E-state index is 0.850. The van der Waals surface area contributed by atoms with Crippen molar-refractivity contribution in [1.29, 1.82) is 0 Å². The Morgan fingerprint density at radius 2 is 1.39 bits per heavy atom. The fraction of sp³-hybridized carbons (Fsp3) is 0.263. The predicted octanol–water partition coefficient (Wildman–Crippen LogP) is 3.47. The van der Waals surface area contributed by atoms with E-state index in [0.717, 1.165) is 31.1 Å². The first kappa shape index (κ1) is 14.0. The van der Waals surface area contributed by atoms with Crippen molar-refractivity contribution >= 4 is 23.0 Å². The maximum atomic E-state index is 4.59. The molecule has 116 valence electrons. The van der Waals surface area contributed by atoms with E-state index in [4.69, 9.17) is 0 Å². The highest BCUT2D eigenvalue weighted by Crippen LogP contribution is 2.30. The Labute approximate surface area is 136 Å². The third-order valence-electron chi connectivity index (χ3n) is 4.63. The van der Waals surface area contributed by atoms with E-state index in [9.17, 15) is 0 Å². The van der Waals surface area contributed by atoms with E-state index in [-0.39, 0.29) is 0 Å². The summed E-state index contributed by atoms with van der Waals surface area (Å²) in [6.07, 6.45) is 1.71. The van der Waals surface area contributed by atoms with Gasteiger partial charge in [0.2, 0.25) is 0 Å². The zero-order valence-electron chi connectivity index (χ0n) is 13.5. The van der Waals surface area contributed by atoms with E-state index in [1.54, 1.807) is 0 Å². The summed E-state index contributed by atoms with van der Waals surface area (Å²) in [5.41, 5.74) is 5.14. The molecule has 4 heteroatoms. The first-order chi connectivity index (χ1) is 11.3. The van der Waals surface area contributed by atoms with Gasteiger partial charge in [-0.15, -0.1) is 10.2 Å². The van der Waals surface area contributed by atoms with Gasteiger partial charge in [-0.3, -0.25) is 0 Å². The van der Waals surface area contributed by atoms with E-state index >= 15 is 0 Å². The summed E-state index contributed by atoms with van der Waals surface area (Å²) in [6, 6.07) is 16.9. The van der Waals surface area contributed by atoms with Gasteiger partial charge in [0, 0.05) is 37.8 Å². The maximum absolute atomic E-state index is 4.59. The van der Waals surface area contributed by atoms with Crippen LogP contribution in [0.3, 0.4) is 0 Å². The summed E-state index contributed by atoms with van der Waals surface area (Å²) in [5.74, 6) is 2.04. The fourth-order valence-electron chi connectivity index (χ4n) is 3.40. The lowest BCUT2D eigenvalue weighted by atomic mass is 10.2. The maximum Gasteiger partial charge on any atom is 0.136 e. The Morgan fingerprint density at radius 3 is 2.09 bits per heavy atom. The molecule has 0 fully saturated rings. The number of benzene rings is 2. The number of fused-ring (bicyclic) bond motifs is 2. The van der Waals surface area contributed by atoms with Gasteiger partial charge in [0.25, 0.3) is 0 Å². The Morgan fingerprint density at radius 1 is 0.826 bits per heavy atom. The topological polar surface area (TPSA) is 31.2 Å². The van der Waals surface area contributed by atoms with Crippen molar-refractivity contribution in [3.05, 3.63) is 59.7 Å². The van der Waals surface area contributed by atoms with Crippen LogP contribution >= 0.6 is 0 Å². The Bertz CT molecular complexity index is 807. The second-order valence-electron chi connectivity index (χ2n) is 5.95. The van der Waals surface area contributed by atoms with E-state index in [1.165, 1.54) is 22.5 Å². The van der Waals surface area contributed by atoms with Crippen LogP contribution in [-0.4, -0.2) is 25.3 Å². The summed E-state index contributed by atoms with van der Waals surface area (Å²) < 4.78 is 0. The number of hydrogen-bond donors (Lipinski definition) is 0. The van der Waals surface area contributed by atoms with Gasteiger partial charge in [0.15, 0.2) is 0 Å². The predicted molar refractivity (Wildman–Crippen MR) is 96.6 cm³/mol. The van der Waals surface area contributed by atoms with Gasteiger partial charge >= 0.3 is 0 Å². The van der Waals surface area contributed by atoms with Gasteiger partial charge in [-0.05, 0) is 30.2 Å². The molecule has 0 saturated heterocycles. The summed E-state index contributed by atoms with van der Waals surface area (Å²) >= 11 is 0. The van der Waals surface area contributed by atoms with Gasteiger partial charge in [0.1, 0.15) is 11.7 Å². The number of para-hydroxylation sites is 2. The molecule has 0 N–H and O–H groups in total. The minimum absolute atomic E-state index is 0.850. The molecule has 0 radical (unpaired) electrons. The van der Waals surface area contributed by atoms with Gasteiger partial charge in [0.05, 0.1) is 0 Å². The lowest BCUT2D eigenvalue weighted by Crippen LogP contribution is -2.27. The van der Waals surface area contributed by atoms with Gasteiger partial charge in [-0.1, -0.05) is 36.4 Å². The zero-order chi connectivity index (χ0) is 15.8. The second kappa shape index (κ2) is 5.54. The number of hydrogen-bond acceptors (Lipinski definition) is 2. The molecule has 0 atom stereocenters. The van der Waals surface area contributed by atoms with Crippen molar-refractivity contribution in [3.8, 4) is 0 Å². The molecular weight excluding hydrogens is 284 g/mol.